The van der Waals surface area contributed by atoms with Crippen LogP contribution in [0.5, 0.6) is 0 Å². The smallest absolute Gasteiger partial charge is 0.335 e. The van der Waals surface area contributed by atoms with Crippen molar-refractivity contribution in [3.63, 3.8) is 0 Å². The number of piperazine rings is 1. The monoisotopic (exact) mass is 270 g/mol. The molecule has 100 valence electrons. The molecule has 2 rings (SSSR count). The Balaban J connectivity index is 0.00000162. The Morgan fingerprint density at radius 1 is 1.22 bits per heavy atom. The van der Waals surface area contributed by atoms with Gasteiger partial charge in [0.1, 0.15) is 0 Å². The Morgan fingerprint density at radius 3 is 2.33 bits per heavy atom. The number of aryl methyl sites for hydroxylation is 1. The van der Waals surface area contributed by atoms with E-state index in [1.54, 1.807) is 6.07 Å². The highest BCUT2D eigenvalue weighted by molar-refractivity contribution is 5.89. The third-order valence-electron chi connectivity index (χ3n) is 3.31. The van der Waals surface area contributed by atoms with Gasteiger partial charge < -0.3 is 14.9 Å². The van der Waals surface area contributed by atoms with Gasteiger partial charge in [-0.05, 0) is 37.7 Å². The van der Waals surface area contributed by atoms with E-state index in [1.165, 1.54) is 0 Å². The Kier molecular flexibility index (Phi) is 4.99. The maximum absolute atomic E-state index is 10.9. The van der Waals surface area contributed by atoms with Crippen LogP contribution in [0, 0.1) is 6.92 Å². The molecule has 1 aliphatic heterocycles. The summed E-state index contributed by atoms with van der Waals surface area (Å²) >= 11 is 0. The maximum atomic E-state index is 10.9. The molecule has 1 N–H and O–H groups in total. The fraction of sp³-hybridized carbons (Fsp3) is 0.462. The zero-order chi connectivity index (χ0) is 12.4. The zero-order valence-corrected chi connectivity index (χ0v) is 11.5. The molecule has 0 aromatic heterocycles. The molecule has 18 heavy (non-hydrogen) atoms. The number of carbonyl (C=O) groups is 1. The number of carboxylic acid groups (broad SMARTS) is 1. The summed E-state index contributed by atoms with van der Waals surface area (Å²) in [6, 6.07) is 5.57. The Bertz CT molecular complexity index is 429. The topological polar surface area (TPSA) is 43.8 Å². The van der Waals surface area contributed by atoms with Crippen LogP contribution in [0.1, 0.15) is 15.9 Å². The van der Waals surface area contributed by atoms with Crippen LogP contribution in [0.15, 0.2) is 18.2 Å². The van der Waals surface area contributed by atoms with Crippen LogP contribution in [-0.2, 0) is 0 Å². The molecule has 0 amide bonds. The third kappa shape index (κ3) is 3.15. The van der Waals surface area contributed by atoms with E-state index in [0.29, 0.717) is 5.56 Å². The largest absolute Gasteiger partial charge is 0.478 e. The summed E-state index contributed by atoms with van der Waals surface area (Å²) in [5.74, 6) is -0.854. The van der Waals surface area contributed by atoms with Crippen molar-refractivity contribution in [1.29, 1.82) is 0 Å². The number of likely N-dealkylation sites (N-methyl/N-ethyl adjacent to an activating group) is 1. The molecule has 0 radical (unpaired) electrons. The van der Waals surface area contributed by atoms with Gasteiger partial charge in [-0.25, -0.2) is 4.79 Å². The van der Waals surface area contributed by atoms with Gasteiger partial charge in [-0.2, -0.15) is 0 Å². The average molecular weight is 271 g/mol. The molecule has 0 spiro atoms. The minimum atomic E-state index is -0.854. The number of benzene rings is 1. The van der Waals surface area contributed by atoms with Crippen molar-refractivity contribution in [2.24, 2.45) is 0 Å². The van der Waals surface area contributed by atoms with Crippen molar-refractivity contribution in [3.8, 4) is 0 Å². The fourth-order valence-corrected chi connectivity index (χ4v) is 2.15. The van der Waals surface area contributed by atoms with E-state index < -0.39 is 5.97 Å². The SMILES string of the molecule is Cc1cc(N2CCN(C)CC2)ccc1C(=O)O.Cl. The van der Waals surface area contributed by atoms with Gasteiger partial charge in [0, 0.05) is 31.9 Å². The highest BCUT2D eigenvalue weighted by Gasteiger charge is 2.15. The van der Waals surface area contributed by atoms with Gasteiger partial charge in [0.05, 0.1) is 5.56 Å². The number of nitrogens with zero attached hydrogens (tertiary/aromatic N) is 2. The summed E-state index contributed by atoms with van der Waals surface area (Å²) in [6.45, 7) is 5.97. The lowest BCUT2D eigenvalue weighted by atomic mass is 10.1. The van der Waals surface area contributed by atoms with Crippen LogP contribution in [-0.4, -0.2) is 49.2 Å². The summed E-state index contributed by atoms with van der Waals surface area (Å²) < 4.78 is 0. The normalized spacial score (nSPS) is 16.2. The van der Waals surface area contributed by atoms with Gasteiger partial charge >= 0.3 is 5.97 Å². The first-order chi connectivity index (χ1) is 8.08. The Hall–Kier alpha value is -1.26. The van der Waals surface area contributed by atoms with E-state index >= 15 is 0 Å². The molecule has 1 saturated heterocycles. The standard InChI is InChI=1S/C13H18N2O2.ClH/c1-10-9-11(3-4-12(10)13(16)17)15-7-5-14(2)6-8-15;/h3-4,9H,5-8H2,1-2H3,(H,16,17);1H. The van der Waals surface area contributed by atoms with Crippen molar-refractivity contribution in [3.05, 3.63) is 29.3 Å². The quantitative estimate of drug-likeness (QED) is 0.891. The van der Waals surface area contributed by atoms with Crippen molar-refractivity contribution in [1.82, 2.24) is 4.90 Å². The van der Waals surface area contributed by atoms with E-state index in [1.807, 2.05) is 19.1 Å². The van der Waals surface area contributed by atoms with E-state index in [0.717, 1.165) is 37.4 Å². The van der Waals surface area contributed by atoms with Gasteiger partial charge in [-0.3, -0.25) is 0 Å². The van der Waals surface area contributed by atoms with Gasteiger partial charge in [-0.15, -0.1) is 12.4 Å². The van der Waals surface area contributed by atoms with Crippen LogP contribution in [0.4, 0.5) is 5.69 Å². The van der Waals surface area contributed by atoms with E-state index in [9.17, 15) is 4.79 Å². The van der Waals surface area contributed by atoms with Crippen LogP contribution in [0.3, 0.4) is 0 Å². The second-order valence-corrected chi connectivity index (χ2v) is 4.59. The highest BCUT2D eigenvalue weighted by atomic mass is 35.5. The highest BCUT2D eigenvalue weighted by Crippen LogP contribution is 2.20. The van der Waals surface area contributed by atoms with Crippen molar-refractivity contribution in [2.75, 3.05) is 38.1 Å². The molecule has 1 fully saturated rings. The minimum Gasteiger partial charge on any atom is -0.478 e. The van der Waals surface area contributed by atoms with Crippen molar-refractivity contribution < 1.29 is 9.90 Å². The van der Waals surface area contributed by atoms with Crippen molar-refractivity contribution >= 4 is 24.1 Å². The number of aromatic carboxylic acids is 1. The van der Waals surface area contributed by atoms with E-state index in [-0.39, 0.29) is 12.4 Å². The molecular formula is C13H19ClN2O2. The number of hydrogen-bond acceptors (Lipinski definition) is 3. The third-order valence-corrected chi connectivity index (χ3v) is 3.31. The summed E-state index contributed by atoms with van der Waals surface area (Å²) in [4.78, 5) is 15.5. The zero-order valence-electron chi connectivity index (χ0n) is 10.7. The second kappa shape index (κ2) is 6.07. The molecule has 1 aromatic rings. The number of carboxylic acids is 1. The summed E-state index contributed by atoms with van der Waals surface area (Å²) in [5, 5.41) is 8.98. The first-order valence-electron chi connectivity index (χ1n) is 5.85. The van der Waals surface area contributed by atoms with Gasteiger partial charge in [-0.1, -0.05) is 0 Å². The van der Waals surface area contributed by atoms with Gasteiger partial charge in [0.2, 0.25) is 0 Å². The summed E-state index contributed by atoms with van der Waals surface area (Å²) in [7, 11) is 2.12. The van der Waals surface area contributed by atoms with Crippen LogP contribution in [0.2, 0.25) is 0 Å². The molecule has 0 atom stereocenters. The van der Waals surface area contributed by atoms with Crippen molar-refractivity contribution in [2.45, 2.75) is 6.92 Å². The first kappa shape index (κ1) is 14.8. The lowest BCUT2D eigenvalue weighted by Crippen LogP contribution is -2.44. The molecule has 0 aliphatic carbocycles. The number of rotatable bonds is 2. The molecule has 1 heterocycles. The molecule has 0 bridgehead atoms. The predicted molar refractivity (Wildman–Crippen MR) is 75.1 cm³/mol. The lowest BCUT2D eigenvalue weighted by molar-refractivity contribution is 0.0696. The lowest BCUT2D eigenvalue weighted by Gasteiger charge is -2.34. The molecule has 1 aliphatic rings. The van der Waals surface area contributed by atoms with E-state index in [2.05, 4.69) is 16.8 Å². The first-order valence-corrected chi connectivity index (χ1v) is 5.85. The molecule has 0 unspecified atom stereocenters. The summed E-state index contributed by atoms with van der Waals surface area (Å²) in [5.41, 5.74) is 2.34. The van der Waals surface area contributed by atoms with Crippen LogP contribution < -0.4 is 4.90 Å². The predicted octanol–water partition coefficient (Wildman–Crippen LogP) is 1.87. The van der Waals surface area contributed by atoms with Gasteiger partial charge in [0.15, 0.2) is 0 Å². The molecule has 0 saturated carbocycles. The second-order valence-electron chi connectivity index (χ2n) is 4.59. The average Bonchev–Trinajstić information content (AvgIpc) is 2.29. The molecular weight excluding hydrogens is 252 g/mol. The fourth-order valence-electron chi connectivity index (χ4n) is 2.15. The number of anilines is 1. The van der Waals surface area contributed by atoms with E-state index in [4.69, 9.17) is 5.11 Å². The van der Waals surface area contributed by atoms with Crippen LogP contribution >= 0.6 is 12.4 Å². The number of halogens is 1. The summed E-state index contributed by atoms with van der Waals surface area (Å²) in [6.07, 6.45) is 0. The Labute approximate surface area is 114 Å². The Morgan fingerprint density at radius 2 is 1.83 bits per heavy atom. The molecule has 1 aromatic carbocycles. The van der Waals surface area contributed by atoms with Crippen LogP contribution in [0.25, 0.3) is 0 Å². The van der Waals surface area contributed by atoms with Gasteiger partial charge in [0.25, 0.3) is 0 Å². The number of hydrogen-bond donors (Lipinski definition) is 1. The maximum Gasteiger partial charge on any atom is 0.335 e. The minimum absolute atomic E-state index is 0. The molecule has 5 heteroatoms. The molecule has 4 nitrogen and oxygen atoms in total.